The van der Waals surface area contributed by atoms with E-state index in [9.17, 15) is 9.59 Å². The zero-order valence-electron chi connectivity index (χ0n) is 12.6. The highest BCUT2D eigenvalue weighted by Crippen LogP contribution is 2.25. The third kappa shape index (κ3) is 10.5. The van der Waals surface area contributed by atoms with Crippen molar-refractivity contribution in [3.8, 4) is 0 Å². The number of hydrogen-bond donors (Lipinski definition) is 3. The van der Waals surface area contributed by atoms with Gasteiger partial charge in [-0.15, -0.1) is 0 Å². The predicted molar refractivity (Wildman–Crippen MR) is 76.0 cm³/mol. The first-order valence-electron chi connectivity index (χ1n) is 6.98. The molecule has 112 valence electrons. The lowest BCUT2D eigenvalue weighted by molar-refractivity contribution is -0.137. The van der Waals surface area contributed by atoms with Gasteiger partial charge in [-0.2, -0.15) is 0 Å². The van der Waals surface area contributed by atoms with Crippen LogP contribution in [0.3, 0.4) is 0 Å². The Hall–Kier alpha value is -1.10. The summed E-state index contributed by atoms with van der Waals surface area (Å²) in [5, 5.41) is 14.6. The fourth-order valence-corrected chi connectivity index (χ4v) is 1.58. The third-order valence-corrected chi connectivity index (χ3v) is 3.36. The minimum Gasteiger partial charge on any atom is -0.481 e. The van der Waals surface area contributed by atoms with E-state index < -0.39 is 5.97 Å². The normalized spacial score (nSPS) is 13.1. The predicted octanol–water partition coefficient (Wildman–Crippen LogP) is 1.77. The van der Waals surface area contributed by atoms with Gasteiger partial charge in [-0.3, -0.25) is 9.59 Å². The molecule has 0 aliphatic rings. The van der Waals surface area contributed by atoms with Crippen molar-refractivity contribution in [2.24, 2.45) is 5.41 Å². The van der Waals surface area contributed by atoms with Crippen LogP contribution < -0.4 is 10.6 Å². The van der Waals surface area contributed by atoms with E-state index in [0.29, 0.717) is 25.6 Å². The third-order valence-electron chi connectivity index (χ3n) is 3.36. The Balaban J connectivity index is 3.76. The van der Waals surface area contributed by atoms with E-state index in [-0.39, 0.29) is 17.7 Å². The number of aliphatic carboxylic acids is 1. The number of nitrogens with one attached hydrogen (secondary N) is 2. The molecule has 0 bridgehead atoms. The van der Waals surface area contributed by atoms with Crippen molar-refractivity contribution in [3.63, 3.8) is 0 Å². The van der Waals surface area contributed by atoms with Crippen LogP contribution in [0.1, 0.15) is 53.4 Å². The molecular weight excluding hydrogens is 244 g/mol. The standard InChI is InChI=1S/C14H28N2O3/c1-5-11(2)16-10-12(17)15-9-8-14(3,4)7-6-13(18)19/h11,16H,5-10H2,1-4H3,(H,15,17)(H,18,19). The lowest BCUT2D eigenvalue weighted by Crippen LogP contribution is -2.38. The average molecular weight is 272 g/mol. The van der Waals surface area contributed by atoms with Gasteiger partial charge < -0.3 is 15.7 Å². The van der Waals surface area contributed by atoms with E-state index >= 15 is 0 Å². The molecule has 0 heterocycles. The molecule has 0 aliphatic carbocycles. The summed E-state index contributed by atoms with van der Waals surface area (Å²) in [6.45, 7) is 9.10. The summed E-state index contributed by atoms with van der Waals surface area (Å²) in [5.41, 5.74) is -0.0597. The van der Waals surface area contributed by atoms with Gasteiger partial charge in [0, 0.05) is 19.0 Å². The SMILES string of the molecule is CCC(C)NCC(=O)NCCC(C)(C)CCC(=O)O. The Morgan fingerprint density at radius 2 is 1.89 bits per heavy atom. The lowest BCUT2D eigenvalue weighted by atomic mass is 9.84. The molecule has 0 aliphatic heterocycles. The number of hydrogen-bond acceptors (Lipinski definition) is 3. The molecule has 3 N–H and O–H groups in total. The highest BCUT2D eigenvalue weighted by atomic mass is 16.4. The molecule has 0 saturated carbocycles. The van der Waals surface area contributed by atoms with Crippen LogP contribution in [0.2, 0.25) is 0 Å². The molecule has 0 aromatic heterocycles. The van der Waals surface area contributed by atoms with E-state index in [1.165, 1.54) is 0 Å². The quantitative estimate of drug-likeness (QED) is 0.566. The molecule has 0 rings (SSSR count). The van der Waals surface area contributed by atoms with Crippen LogP contribution in [0, 0.1) is 5.41 Å². The number of carbonyl (C=O) groups excluding carboxylic acids is 1. The molecule has 0 spiro atoms. The largest absolute Gasteiger partial charge is 0.481 e. The number of amides is 1. The van der Waals surface area contributed by atoms with Crippen molar-refractivity contribution in [1.82, 2.24) is 10.6 Å². The Morgan fingerprint density at radius 3 is 2.42 bits per heavy atom. The van der Waals surface area contributed by atoms with Crippen LogP contribution in [0.5, 0.6) is 0 Å². The summed E-state index contributed by atoms with van der Waals surface area (Å²) in [4.78, 5) is 22.1. The summed E-state index contributed by atoms with van der Waals surface area (Å²) in [5.74, 6) is -0.774. The molecule has 0 aromatic rings. The van der Waals surface area contributed by atoms with Crippen molar-refractivity contribution in [2.45, 2.75) is 59.4 Å². The summed E-state index contributed by atoms with van der Waals surface area (Å²) < 4.78 is 0. The van der Waals surface area contributed by atoms with Crippen LogP contribution in [-0.2, 0) is 9.59 Å². The van der Waals surface area contributed by atoms with Crippen LogP contribution in [0.4, 0.5) is 0 Å². The molecule has 5 heteroatoms. The second-order valence-electron chi connectivity index (χ2n) is 5.85. The second-order valence-corrected chi connectivity index (χ2v) is 5.85. The van der Waals surface area contributed by atoms with Gasteiger partial charge in [-0.25, -0.2) is 0 Å². The van der Waals surface area contributed by atoms with E-state index in [2.05, 4.69) is 17.6 Å². The first-order valence-corrected chi connectivity index (χ1v) is 6.98. The minimum atomic E-state index is -0.769. The number of carboxylic acids is 1. The lowest BCUT2D eigenvalue weighted by Gasteiger charge is -2.24. The summed E-state index contributed by atoms with van der Waals surface area (Å²) >= 11 is 0. The highest BCUT2D eigenvalue weighted by Gasteiger charge is 2.19. The Morgan fingerprint density at radius 1 is 1.26 bits per heavy atom. The molecule has 1 unspecified atom stereocenters. The molecule has 1 atom stereocenters. The average Bonchev–Trinajstić information content (AvgIpc) is 2.33. The van der Waals surface area contributed by atoms with E-state index in [1.807, 2.05) is 20.8 Å². The van der Waals surface area contributed by atoms with Gasteiger partial charge >= 0.3 is 5.97 Å². The van der Waals surface area contributed by atoms with Crippen LogP contribution in [0.15, 0.2) is 0 Å². The first kappa shape index (κ1) is 17.9. The molecule has 0 aromatic carbocycles. The maximum atomic E-state index is 11.5. The molecule has 0 fully saturated rings. The van der Waals surface area contributed by atoms with Gasteiger partial charge in [-0.05, 0) is 31.6 Å². The van der Waals surface area contributed by atoms with Crippen LogP contribution in [-0.4, -0.2) is 36.1 Å². The summed E-state index contributed by atoms with van der Waals surface area (Å²) in [6, 6.07) is 0.345. The van der Waals surface area contributed by atoms with E-state index in [1.54, 1.807) is 0 Å². The fourth-order valence-electron chi connectivity index (χ4n) is 1.58. The van der Waals surface area contributed by atoms with Gasteiger partial charge in [0.1, 0.15) is 0 Å². The van der Waals surface area contributed by atoms with Gasteiger partial charge in [0.25, 0.3) is 0 Å². The van der Waals surface area contributed by atoms with Gasteiger partial charge in [0.2, 0.25) is 5.91 Å². The van der Waals surface area contributed by atoms with Crippen LogP contribution >= 0.6 is 0 Å². The van der Waals surface area contributed by atoms with Gasteiger partial charge in [-0.1, -0.05) is 20.8 Å². The minimum absolute atomic E-state index is 0.00525. The monoisotopic (exact) mass is 272 g/mol. The number of carbonyl (C=O) groups is 2. The van der Waals surface area contributed by atoms with Gasteiger partial charge in [0.15, 0.2) is 0 Å². The van der Waals surface area contributed by atoms with Crippen molar-refractivity contribution < 1.29 is 14.7 Å². The fraction of sp³-hybridized carbons (Fsp3) is 0.857. The Bertz CT molecular complexity index is 290. The number of rotatable bonds is 10. The maximum absolute atomic E-state index is 11.5. The smallest absolute Gasteiger partial charge is 0.303 e. The number of carboxylic acid groups (broad SMARTS) is 1. The van der Waals surface area contributed by atoms with Crippen molar-refractivity contribution >= 4 is 11.9 Å². The second kappa shape index (κ2) is 8.91. The first-order chi connectivity index (χ1) is 8.76. The van der Waals surface area contributed by atoms with Crippen molar-refractivity contribution in [3.05, 3.63) is 0 Å². The summed E-state index contributed by atoms with van der Waals surface area (Å²) in [7, 11) is 0. The highest BCUT2D eigenvalue weighted by molar-refractivity contribution is 5.77. The molecule has 19 heavy (non-hydrogen) atoms. The van der Waals surface area contributed by atoms with Crippen LogP contribution in [0.25, 0.3) is 0 Å². The molecule has 0 saturated heterocycles. The molecule has 5 nitrogen and oxygen atoms in total. The Labute approximate surface area is 116 Å². The zero-order valence-corrected chi connectivity index (χ0v) is 12.6. The molecular formula is C14H28N2O3. The zero-order chi connectivity index (χ0) is 14.9. The molecule has 0 radical (unpaired) electrons. The topological polar surface area (TPSA) is 78.4 Å². The maximum Gasteiger partial charge on any atom is 0.303 e. The van der Waals surface area contributed by atoms with E-state index in [4.69, 9.17) is 5.11 Å². The summed E-state index contributed by atoms with van der Waals surface area (Å²) in [6.07, 6.45) is 2.59. The molecule has 1 amide bonds. The van der Waals surface area contributed by atoms with Crippen molar-refractivity contribution in [2.75, 3.05) is 13.1 Å². The van der Waals surface area contributed by atoms with Crippen molar-refractivity contribution in [1.29, 1.82) is 0 Å². The Kier molecular flexibility index (Phi) is 8.39. The van der Waals surface area contributed by atoms with Gasteiger partial charge in [0.05, 0.1) is 6.54 Å². The van der Waals surface area contributed by atoms with E-state index in [0.717, 1.165) is 12.8 Å².